The summed E-state index contributed by atoms with van der Waals surface area (Å²) in [4.78, 5) is 30.6. The second-order valence-electron chi connectivity index (χ2n) is 5.11. The van der Waals surface area contributed by atoms with Gasteiger partial charge < -0.3 is 19.6 Å². The van der Waals surface area contributed by atoms with Crippen LogP contribution in [-0.2, 0) is 0 Å². The number of methoxy groups -OCH3 is 2. The predicted octanol–water partition coefficient (Wildman–Crippen LogP) is 2.53. The molecule has 3 rings (SSSR count). The van der Waals surface area contributed by atoms with Gasteiger partial charge in [-0.15, -0.1) is 0 Å². The lowest BCUT2D eigenvalue weighted by Gasteiger charge is -2.09. The average Bonchev–Trinajstić information content (AvgIpc) is 3.02. The summed E-state index contributed by atoms with van der Waals surface area (Å²) in [7, 11) is 2.98. The Hall–Kier alpha value is -3.55. The van der Waals surface area contributed by atoms with E-state index in [0.29, 0.717) is 28.1 Å². The molecule has 0 saturated carbocycles. The van der Waals surface area contributed by atoms with Crippen molar-refractivity contribution in [3.05, 3.63) is 47.5 Å². The van der Waals surface area contributed by atoms with Gasteiger partial charge in [-0.05, 0) is 30.3 Å². The topological polar surface area (TPSA) is 114 Å². The second kappa shape index (κ2) is 6.52. The minimum Gasteiger partial charge on any atom is -0.493 e. The number of carboxylic acids is 1. The summed E-state index contributed by atoms with van der Waals surface area (Å²) in [5.41, 5.74) is 1.22. The molecule has 1 heterocycles. The fourth-order valence-corrected chi connectivity index (χ4v) is 2.43. The van der Waals surface area contributed by atoms with E-state index in [-0.39, 0.29) is 11.5 Å². The molecule has 128 valence electrons. The number of H-pyrrole nitrogens is 1. The summed E-state index contributed by atoms with van der Waals surface area (Å²) in [5.74, 6) is -0.408. The summed E-state index contributed by atoms with van der Waals surface area (Å²) in [6, 6.07) is 9.45. The number of hydrogen-bond acceptors (Lipinski definition) is 5. The van der Waals surface area contributed by atoms with E-state index < -0.39 is 11.9 Å². The third kappa shape index (κ3) is 3.09. The van der Waals surface area contributed by atoms with E-state index in [2.05, 4.69) is 15.3 Å². The highest BCUT2D eigenvalue weighted by molar-refractivity contribution is 6.06. The molecule has 0 unspecified atom stereocenters. The fraction of sp³-hybridized carbons (Fsp3) is 0.118. The van der Waals surface area contributed by atoms with Crippen LogP contribution in [0.25, 0.3) is 11.0 Å². The number of hydrogen-bond donors (Lipinski definition) is 3. The molecule has 0 aliphatic heterocycles. The molecule has 0 saturated heterocycles. The summed E-state index contributed by atoms with van der Waals surface area (Å²) in [5, 5.41) is 11.8. The van der Waals surface area contributed by atoms with Crippen molar-refractivity contribution < 1.29 is 24.2 Å². The number of aromatic amines is 1. The number of anilines is 1. The monoisotopic (exact) mass is 341 g/mol. The van der Waals surface area contributed by atoms with Gasteiger partial charge >= 0.3 is 5.97 Å². The lowest BCUT2D eigenvalue weighted by Crippen LogP contribution is -2.13. The number of amides is 1. The maximum atomic E-state index is 12.4. The van der Waals surface area contributed by atoms with Crippen molar-refractivity contribution in [2.24, 2.45) is 0 Å². The van der Waals surface area contributed by atoms with Crippen molar-refractivity contribution in [1.29, 1.82) is 0 Å². The molecule has 0 spiro atoms. The van der Waals surface area contributed by atoms with E-state index in [1.165, 1.54) is 20.3 Å². The third-order valence-corrected chi connectivity index (χ3v) is 3.63. The number of benzene rings is 2. The Morgan fingerprint density at radius 3 is 2.56 bits per heavy atom. The highest BCUT2D eigenvalue weighted by Crippen LogP contribution is 2.28. The molecule has 3 aromatic rings. The van der Waals surface area contributed by atoms with Crippen LogP contribution >= 0.6 is 0 Å². The zero-order valence-corrected chi connectivity index (χ0v) is 13.5. The van der Waals surface area contributed by atoms with Crippen molar-refractivity contribution in [1.82, 2.24) is 9.97 Å². The van der Waals surface area contributed by atoms with Crippen LogP contribution in [-0.4, -0.2) is 41.2 Å². The minimum absolute atomic E-state index is 0.0802. The molecule has 1 amide bonds. The molecule has 0 fully saturated rings. The Balaban J connectivity index is 1.90. The predicted molar refractivity (Wildman–Crippen MR) is 90.6 cm³/mol. The standard InChI is InChI=1S/C17H15N3O5/c1-24-12-7-6-9(8-13(12)25-2)15(21)20-17-18-11-5-3-4-10(16(22)23)14(11)19-17/h3-8H,1-2H3,(H,22,23)(H2,18,19,20,21). The first-order chi connectivity index (χ1) is 12.0. The summed E-state index contributed by atoms with van der Waals surface area (Å²) in [6.07, 6.45) is 0. The quantitative estimate of drug-likeness (QED) is 0.657. The smallest absolute Gasteiger partial charge is 0.337 e. The number of aromatic nitrogens is 2. The van der Waals surface area contributed by atoms with Crippen molar-refractivity contribution >= 4 is 28.9 Å². The molecule has 0 radical (unpaired) electrons. The SMILES string of the molecule is COc1ccc(C(=O)Nc2nc3cccc(C(=O)O)c3[nH]2)cc1OC. The number of imidazole rings is 1. The van der Waals surface area contributed by atoms with Gasteiger partial charge in [0, 0.05) is 5.56 Å². The summed E-state index contributed by atoms with van der Waals surface area (Å²) in [6.45, 7) is 0. The molecule has 1 aromatic heterocycles. The molecule has 25 heavy (non-hydrogen) atoms. The average molecular weight is 341 g/mol. The van der Waals surface area contributed by atoms with E-state index in [1.54, 1.807) is 30.3 Å². The van der Waals surface area contributed by atoms with E-state index >= 15 is 0 Å². The number of carboxylic acid groups (broad SMARTS) is 1. The number of para-hydroxylation sites is 1. The van der Waals surface area contributed by atoms with Crippen LogP contribution in [0.5, 0.6) is 11.5 Å². The second-order valence-corrected chi connectivity index (χ2v) is 5.11. The Labute approximate surface area is 142 Å². The maximum absolute atomic E-state index is 12.4. The van der Waals surface area contributed by atoms with E-state index in [0.717, 1.165) is 0 Å². The zero-order valence-electron chi connectivity index (χ0n) is 13.5. The van der Waals surface area contributed by atoms with Gasteiger partial charge in [-0.2, -0.15) is 0 Å². The Morgan fingerprint density at radius 1 is 1.12 bits per heavy atom. The molecule has 8 nitrogen and oxygen atoms in total. The lowest BCUT2D eigenvalue weighted by atomic mass is 10.2. The number of fused-ring (bicyclic) bond motifs is 1. The van der Waals surface area contributed by atoms with Gasteiger partial charge in [0.15, 0.2) is 11.5 Å². The number of carbonyl (C=O) groups is 2. The van der Waals surface area contributed by atoms with Gasteiger partial charge in [0.2, 0.25) is 5.95 Å². The van der Waals surface area contributed by atoms with Crippen LogP contribution in [0.2, 0.25) is 0 Å². The maximum Gasteiger partial charge on any atom is 0.337 e. The van der Waals surface area contributed by atoms with Crippen molar-refractivity contribution in [3.63, 3.8) is 0 Å². The van der Waals surface area contributed by atoms with Gasteiger partial charge in [-0.25, -0.2) is 9.78 Å². The molecule has 0 aliphatic carbocycles. The van der Waals surface area contributed by atoms with Gasteiger partial charge in [0.25, 0.3) is 5.91 Å². The highest BCUT2D eigenvalue weighted by atomic mass is 16.5. The largest absolute Gasteiger partial charge is 0.493 e. The summed E-state index contributed by atoms with van der Waals surface area (Å²) >= 11 is 0. The van der Waals surface area contributed by atoms with E-state index in [9.17, 15) is 14.7 Å². The third-order valence-electron chi connectivity index (χ3n) is 3.63. The van der Waals surface area contributed by atoms with Gasteiger partial charge in [0.05, 0.1) is 30.8 Å². The van der Waals surface area contributed by atoms with Crippen LogP contribution in [0.4, 0.5) is 5.95 Å². The number of nitrogens with one attached hydrogen (secondary N) is 2. The molecular weight excluding hydrogens is 326 g/mol. The minimum atomic E-state index is -1.08. The fourth-order valence-electron chi connectivity index (χ4n) is 2.43. The lowest BCUT2D eigenvalue weighted by molar-refractivity contribution is 0.0698. The Bertz CT molecular complexity index is 964. The zero-order chi connectivity index (χ0) is 18.0. The van der Waals surface area contributed by atoms with Crippen molar-refractivity contribution in [2.45, 2.75) is 0 Å². The van der Waals surface area contributed by atoms with Crippen molar-refractivity contribution in [3.8, 4) is 11.5 Å². The molecular formula is C17H15N3O5. The van der Waals surface area contributed by atoms with E-state index in [4.69, 9.17) is 9.47 Å². The highest BCUT2D eigenvalue weighted by Gasteiger charge is 2.15. The number of aromatic carboxylic acids is 1. The first-order valence-electron chi connectivity index (χ1n) is 7.29. The van der Waals surface area contributed by atoms with Crippen molar-refractivity contribution in [2.75, 3.05) is 19.5 Å². The van der Waals surface area contributed by atoms with Gasteiger partial charge in [-0.3, -0.25) is 10.1 Å². The first-order valence-corrected chi connectivity index (χ1v) is 7.29. The van der Waals surface area contributed by atoms with Crippen LogP contribution in [0.1, 0.15) is 20.7 Å². The number of carbonyl (C=O) groups excluding carboxylic acids is 1. The number of nitrogens with zero attached hydrogens (tertiary/aromatic N) is 1. The Morgan fingerprint density at radius 2 is 1.88 bits per heavy atom. The van der Waals surface area contributed by atoms with E-state index in [1.807, 2.05) is 0 Å². The molecule has 8 heteroatoms. The molecule has 0 atom stereocenters. The van der Waals surface area contributed by atoms with Crippen LogP contribution < -0.4 is 14.8 Å². The molecule has 2 aromatic carbocycles. The van der Waals surface area contributed by atoms with Crippen LogP contribution in [0.3, 0.4) is 0 Å². The number of ether oxygens (including phenoxy) is 2. The van der Waals surface area contributed by atoms with Crippen LogP contribution in [0.15, 0.2) is 36.4 Å². The normalized spacial score (nSPS) is 10.5. The van der Waals surface area contributed by atoms with Gasteiger partial charge in [0.1, 0.15) is 0 Å². The van der Waals surface area contributed by atoms with Crippen LogP contribution in [0, 0.1) is 0 Å². The number of rotatable bonds is 5. The Kier molecular flexibility index (Phi) is 4.25. The summed E-state index contributed by atoms with van der Waals surface area (Å²) < 4.78 is 10.3. The molecule has 0 bridgehead atoms. The molecule has 0 aliphatic rings. The first kappa shape index (κ1) is 16.3. The molecule has 3 N–H and O–H groups in total. The van der Waals surface area contributed by atoms with Gasteiger partial charge in [-0.1, -0.05) is 6.07 Å².